The highest BCUT2D eigenvalue weighted by molar-refractivity contribution is 5.92. The van der Waals surface area contributed by atoms with Gasteiger partial charge in [0.2, 0.25) is 0 Å². The molecule has 0 atom stereocenters. The molecule has 0 aliphatic rings. The molecule has 0 aliphatic heterocycles. The van der Waals surface area contributed by atoms with Crippen molar-refractivity contribution >= 4 is 11.9 Å². The number of esters is 2. The topological polar surface area (TPSA) is 61.8 Å². The molecular weight excluding hydrogens is 428 g/mol. The lowest BCUT2D eigenvalue weighted by molar-refractivity contribution is 0.0715. The van der Waals surface area contributed by atoms with E-state index in [-0.39, 0.29) is 5.75 Å². The van der Waals surface area contributed by atoms with Crippen LogP contribution in [0.4, 0.5) is 0 Å². The van der Waals surface area contributed by atoms with Crippen molar-refractivity contribution in [1.29, 1.82) is 0 Å². The van der Waals surface area contributed by atoms with Crippen LogP contribution in [0.15, 0.2) is 66.7 Å². The summed E-state index contributed by atoms with van der Waals surface area (Å²) in [6.07, 6.45) is 6.46. The summed E-state index contributed by atoms with van der Waals surface area (Å²) in [5.41, 5.74) is 3.32. The largest absolute Gasteiger partial charge is 0.493 e. The molecule has 0 aromatic heterocycles. The summed E-state index contributed by atoms with van der Waals surface area (Å²) in [6.45, 7) is 4.30. The molecule has 0 heterocycles. The zero-order valence-electron chi connectivity index (χ0n) is 20.1. The fraction of sp³-hybridized carbons (Fsp3) is 0.310. The van der Waals surface area contributed by atoms with Gasteiger partial charge in [0.25, 0.3) is 0 Å². The third-order valence-electron chi connectivity index (χ3n) is 5.57. The van der Waals surface area contributed by atoms with Crippen molar-refractivity contribution in [3.05, 3.63) is 89.0 Å². The van der Waals surface area contributed by atoms with E-state index in [1.165, 1.54) is 24.3 Å². The maximum absolute atomic E-state index is 12.6. The molecule has 0 saturated heterocycles. The first-order chi connectivity index (χ1) is 16.5. The summed E-state index contributed by atoms with van der Waals surface area (Å²) in [4.78, 5) is 25.1. The Kier molecular flexibility index (Phi) is 9.27. The lowest BCUT2D eigenvalue weighted by Gasteiger charge is -2.12. The Labute approximate surface area is 201 Å². The Morgan fingerprint density at radius 2 is 1.15 bits per heavy atom. The number of carbonyl (C=O) groups excluding carboxylic acids is 2. The zero-order valence-corrected chi connectivity index (χ0v) is 20.1. The van der Waals surface area contributed by atoms with Gasteiger partial charge in [-0.1, -0.05) is 51.0 Å². The third-order valence-corrected chi connectivity index (χ3v) is 5.57. The van der Waals surface area contributed by atoms with Gasteiger partial charge in [-0.15, -0.1) is 0 Å². The first-order valence-corrected chi connectivity index (χ1v) is 11.8. The van der Waals surface area contributed by atoms with Crippen molar-refractivity contribution in [3.8, 4) is 17.2 Å². The minimum absolute atomic E-state index is 0.252. The number of methoxy groups -OCH3 is 1. The molecule has 5 nitrogen and oxygen atoms in total. The number of hydrogen-bond acceptors (Lipinski definition) is 5. The normalized spacial score (nSPS) is 10.6. The van der Waals surface area contributed by atoms with Gasteiger partial charge in [0.05, 0.1) is 18.2 Å². The molecule has 0 saturated carbocycles. The Hall–Kier alpha value is -3.60. The smallest absolute Gasteiger partial charge is 0.343 e. The number of aryl methyl sites for hydroxylation is 2. The van der Waals surface area contributed by atoms with Gasteiger partial charge in [-0.2, -0.15) is 0 Å². The Morgan fingerprint density at radius 1 is 0.647 bits per heavy atom. The molecule has 3 aromatic carbocycles. The van der Waals surface area contributed by atoms with Gasteiger partial charge in [0.15, 0.2) is 11.5 Å². The average molecular weight is 461 g/mol. The van der Waals surface area contributed by atoms with Crippen molar-refractivity contribution < 1.29 is 23.8 Å². The quantitative estimate of drug-likeness (QED) is 0.232. The van der Waals surface area contributed by atoms with Gasteiger partial charge < -0.3 is 14.2 Å². The van der Waals surface area contributed by atoms with Gasteiger partial charge in [0, 0.05) is 6.07 Å². The number of ether oxygens (including phenoxy) is 3. The summed E-state index contributed by atoms with van der Waals surface area (Å²) in [5, 5.41) is 0. The van der Waals surface area contributed by atoms with E-state index in [0.717, 1.165) is 38.5 Å². The van der Waals surface area contributed by atoms with Crippen LogP contribution in [0.3, 0.4) is 0 Å². The van der Waals surface area contributed by atoms with E-state index in [1.807, 2.05) is 24.3 Å². The van der Waals surface area contributed by atoms with Crippen molar-refractivity contribution in [1.82, 2.24) is 0 Å². The van der Waals surface area contributed by atoms with E-state index in [0.29, 0.717) is 22.6 Å². The predicted molar refractivity (Wildman–Crippen MR) is 133 cm³/mol. The van der Waals surface area contributed by atoms with E-state index in [2.05, 4.69) is 13.8 Å². The highest BCUT2D eigenvalue weighted by Gasteiger charge is 2.15. The second kappa shape index (κ2) is 12.6. The van der Waals surface area contributed by atoms with Crippen LogP contribution in [0.25, 0.3) is 0 Å². The third kappa shape index (κ3) is 6.95. The number of carbonyl (C=O) groups is 2. The molecule has 34 heavy (non-hydrogen) atoms. The van der Waals surface area contributed by atoms with Crippen LogP contribution < -0.4 is 14.2 Å². The van der Waals surface area contributed by atoms with Crippen molar-refractivity contribution in [3.63, 3.8) is 0 Å². The highest BCUT2D eigenvalue weighted by atomic mass is 16.6. The fourth-order valence-corrected chi connectivity index (χ4v) is 3.50. The molecule has 0 bridgehead atoms. The summed E-state index contributed by atoms with van der Waals surface area (Å²) in [6, 6.07) is 19.5. The van der Waals surface area contributed by atoms with E-state index in [9.17, 15) is 9.59 Å². The molecule has 5 heteroatoms. The van der Waals surface area contributed by atoms with E-state index in [1.54, 1.807) is 36.4 Å². The summed E-state index contributed by atoms with van der Waals surface area (Å²) in [5.74, 6) is -0.0852. The van der Waals surface area contributed by atoms with E-state index < -0.39 is 11.9 Å². The van der Waals surface area contributed by atoms with Crippen LogP contribution in [0.5, 0.6) is 17.2 Å². The van der Waals surface area contributed by atoms with E-state index >= 15 is 0 Å². The molecule has 0 fully saturated rings. The molecule has 0 radical (unpaired) electrons. The van der Waals surface area contributed by atoms with Crippen LogP contribution >= 0.6 is 0 Å². The molecule has 0 amide bonds. The van der Waals surface area contributed by atoms with E-state index in [4.69, 9.17) is 14.2 Å². The van der Waals surface area contributed by atoms with Crippen LogP contribution in [0.1, 0.15) is 71.4 Å². The molecule has 0 N–H and O–H groups in total. The van der Waals surface area contributed by atoms with Crippen LogP contribution in [0, 0.1) is 0 Å². The standard InChI is InChI=1S/C29H32O5/c1-4-6-8-21-10-14-23(15-11-21)28(30)33-25-18-19-26(27(20-25)32-3)34-29(31)24-16-12-22(13-17-24)9-7-5-2/h10-20H,4-9H2,1-3H3. The second-order valence-electron chi connectivity index (χ2n) is 8.19. The minimum Gasteiger partial charge on any atom is -0.493 e. The first-order valence-electron chi connectivity index (χ1n) is 11.8. The summed E-state index contributed by atoms with van der Waals surface area (Å²) in [7, 11) is 1.47. The van der Waals surface area contributed by atoms with Crippen LogP contribution in [0.2, 0.25) is 0 Å². The van der Waals surface area contributed by atoms with Gasteiger partial charge in [0.1, 0.15) is 5.75 Å². The molecule has 0 aliphatic carbocycles. The SMILES string of the molecule is CCCCc1ccc(C(=O)Oc2ccc(OC(=O)c3ccc(CCCC)cc3)c(OC)c2)cc1. The average Bonchev–Trinajstić information content (AvgIpc) is 2.87. The van der Waals surface area contributed by atoms with Crippen molar-refractivity contribution in [2.24, 2.45) is 0 Å². The van der Waals surface area contributed by atoms with Gasteiger partial charge in [-0.25, -0.2) is 9.59 Å². The second-order valence-corrected chi connectivity index (χ2v) is 8.19. The first kappa shape index (κ1) is 25.0. The maximum Gasteiger partial charge on any atom is 0.343 e. The minimum atomic E-state index is -0.478. The van der Waals surface area contributed by atoms with Crippen molar-refractivity contribution in [2.75, 3.05) is 7.11 Å². The van der Waals surface area contributed by atoms with Gasteiger partial charge in [-0.3, -0.25) is 0 Å². The molecule has 3 aromatic rings. The maximum atomic E-state index is 12.6. The van der Waals surface area contributed by atoms with Gasteiger partial charge in [-0.05, 0) is 73.2 Å². The Morgan fingerprint density at radius 3 is 1.62 bits per heavy atom. The molecule has 3 rings (SSSR count). The highest BCUT2D eigenvalue weighted by Crippen LogP contribution is 2.32. The molecular formula is C29H32O5. The Balaban J connectivity index is 1.64. The zero-order chi connectivity index (χ0) is 24.3. The molecule has 0 unspecified atom stereocenters. The lowest BCUT2D eigenvalue weighted by atomic mass is 10.1. The van der Waals surface area contributed by atoms with Crippen LogP contribution in [-0.4, -0.2) is 19.0 Å². The fourth-order valence-electron chi connectivity index (χ4n) is 3.50. The molecule has 178 valence electrons. The number of unbranched alkanes of at least 4 members (excludes halogenated alkanes) is 2. The Bertz CT molecular complexity index is 1080. The van der Waals surface area contributed by atoms with Gasteiger partial charge >= 0.3 is 11.9 Å². The van der Waals surface area contributed by atoms with Crippen molar-refractivity contribution in [2.45, 2.75) is 52.4 Å². The lowest BCUT2D eigenvalue weighted by Crippen LogP contribution is -2.10. The predicted octanol–water partition coefficient (Wildman–Crippen LogP) is 6.82. The number of rotatable bonds is 11. The number of benzene rings is 3. The monoisotopic (exact) mass is 460 g/mol. The summed E-state index contributed by atoms with van der Waals surface area (Å²) < 4.78 is 16.4. The molecule has 0 spiro atoms. The summed E-state index contributed by atoms with van der Waals surface area (Å²) >= 11 is 0. The van der Waals surface area contributed by atoms with Crippen LogP contribution in [-0.2, 0) is 12.8 Å². The number of hydrogen-bond donors (Lipinski definition) is 0.